The first-order valence-electron chi connectivity index (χ1n) is 13.6. The van der Waals surface area contributed by atoms with Crippen molar-refractivity contribution in [3.05, 3.63) is 54.6 Å². The fourth-order valence-electron chi connectivity index (χ4n) is 7.22. The van der Waals surface area contributed by atoms with Gasteiger partial charge >= 0.3 is 0 Å². The maximum absolute atomic E-state index is 14.3. The summed E-state index contributed by atoms with van der Waals surface area (Å²) in [4.78, 5) is 47.7. The fourth-order valence-corrected chi connectivity index (χ4v) is 7.22. The van der Waals surface area contributed by atoms with Crippen LogP contribution in [0.1, 0.15) is 39.0 Å². The van der Waals surface area contributed by atoms with Crippen LogP contribution in [0, 0.1) is 11.8 Å². The first-order valence-corrected chi connectivity index (χ1v) is 13.6. The lowest BCUT2D eigenvalue weighted by molar-refractivity contribution is -0.151. The summed E-state index contributed by atoms with van der Waals surface area (Å²) in [6.07, 6.45) is 12.3. The Kier molecular flexibility index (Phi) is 6.19. The molecule has 37 heavy (non-hydrogen) atoms. The number of amides is 3. The molecule has 3 amide bonds. The number of benzene rings is 1. The second-order valence-electron chi connectivity index (χ2n) is 11.0. The van der Waals surface area contributed by atoms with Gasteiger partial charge in [-0.2, -0.15) is 0 Å². The van der Waals surface area contributed by atoms with Crippen molar-refractivity contribution in [2.45, 2.75) is 68.9 Å². The van der Waals surface area contributed by atoms with Gasteiger partial charge in [-0.3, -0.25) is 14.4 Å². The number of nitrogens with zero attached hydrogens (tertiary/aromatic N) is 3. The van der Waals surface area contributed by atoms with Crippen molar-refractivity contribution in [2.24, 2.45) is 11.8 Å². The molecule has 4 aliphatic heterocycles. The van der Waals surface area contributed by atoms with E-state index in [0.717, 1.165) is 31.4 Å². The second kappa shape index (κ2) is 9.40. The number of hydrogen-bond donors (Lipinski definition) is 1. The molecular weight excluding hydrogens is 470 g/mol. The van der Waals surface area contributed by atoms with E-state index in [-0.39, 0.29) is 30.4 Å². The monoisotopic (exact) mass is 505 g/mol. The van der Waals surface area contributed by atoms with Gasteiger partial charge in [0.1, 0.15) is 11.6 Å². The van der Waals surface area contributed by atoms with Crippen LogP contribution in [0.3, 0.4) is 0 Å². The highest BCUT2D eigenvalue weighted by Gasteiger charge is 2.72. The van der Waals surface area contributed by atoms with E-state index in [9.17, 15) is 19.5 Å². The summed E-state index contributed by atoms with van der Waals surface area (Å²) in [7, 11) is 0. The van der Waals surface area contributed by atoms with Crippen LogP contribution in [-0.4, -0.2) is 82.2 Å². The largest absolute Gasteiger partial charge is 0.394 e. The van der Waals surface area contributed by atoms with Crippen LogP contribution in [0.25, 0.3) is 0 Å². The van der Waals surface area contributed by atoms with Gasteiger partial charge in [-0.25, -0.2) is 0 Å². The zero-order valence-corrected chi connectivity index (χ0v) is 21.2. The molecule has 6 atom stereocenters. The standard InChI is InChI=1S/C29H35N3O5/c1-19(18-33)32-25-28(36)31(21-12-6-3-7-13-21)17-9-15-29(25)24(27(32)35)23-22(37-29)14-8-16-30(26(23)34)20-10-4-2-5-11-20/h2,4-5,8-11,14-15,19,21-25,33H,3,6-7,12-13,16-18H2,1H3/t19-,22+,23-,24+,25?,29+/m1/s1. The third kappa shape index (κ3) is 3.67. The summed E-state index contributed by atoms with van der Waals surface area (Å²) in [5.74, 6) is -2.21. The van der Waals surface area contributed by atoms with E-state index in [1.165, 1.54) is 11.3 Å². The van der Waals surface area contributed by atoms with Crippen LogP contribution in [0.5, 0.6) is 0 Å². The number of fused-ring (bicyclic) bond motifs is 2. The number of likely N-dealkylation sites (tertiary alicyclic amines) is 1. The molecule has 8 heteroatoms. The van der Waals surface area contributed by atoms with Gasteiger partial charge < -0.3 is 24.5 Å². The molecule has 0 aromatic heterocycles. The minimum absolute atomic E-state index is 0.128. The number of ether oxygens (including phenoxy) is 1. The van der Waals surface area contributed by atoms with Crippen LogP contribution in [0.15, 0.2) is 54.6 Å². The lowest BCUT2D eigenvalue weighted by Gasteiger charge is -2.40. The van der Waals surface area contributed by atoms with Crippen molar-refractivity contribution in [3.8, 4) is 0 Å². The average molecular weight is 506 g/mol. The molecule has 1 saturated carbocycles. The summed E-state index contributed by atoms with van der Waals surface area (Å²) in [6, 6.07) is 8.08. The highest BCUT2D eigenvalue weighted by molar-refractivity contribution is 6.04. The Hall–Kier alpha value is -2.97. The number of hydrogen-bond acceptors (Lipinski definition) is 5. The molecule has 1 aliphatic carbocycles. The lowest BCUT2D eigenvalue weighted by Crippen LogP contribution is -2.59. The number of rotatable bonds is 4. The fraction of sp³-hybridized carbons (Fsp3) is 0.552. The third-order valence-electron chi connectivity index (χ3n) is 8.95. The zero-order valence-electron chi connectivity index (χ0n) is 21.2. The summed E-state index contributed by atoms with van der Waals surface area (Å²) < 4.78 is 6.68. The van der Waals surface area contributed by atoms with E-state index in [0.29, 0.717) is 13.1 Å². The molecule has 0 radical (unpaired) electrons. The molecule has 6 rings (SSSR count). The number of aliphatic hydroxyl groups is 1. The van der Waals surface area contributed by atoms with Gasteiger partial charge in [-0.15, -0.1) is 0 Å². The molecule has 1 N–H and O–H groups in total. The van der Waals surface area contributed by atoms with Gasteiger partial charge in [-0.05, 0) is 31.9 Å². The third-order valence-corrected chi connectivity index (χ3v) is 8.95. The van der Waals surface area contributed by atoms with Crippen molar-refractivity contribution >= 4 is 23.4 Å². The zero-order chi connectivity index (χ0) is 25.7. The molecule has 4 heterocycles. The maximum atomic E-state index is 14.3. The van der Waals surface area contributed by atoms with E-state index >= 15 is 0 Å². The quantitative estimate of drug-likeness (QED) is 0.635. The smallest absolute Gasteiger partial charge is 0.249 e. The molecule has 1 spiro atoms. The molecule has 2 saturated heterocycles. The lowest BCUT2D eigenvalue weighted by atomic mass is 9.77. The molecule has 1 unspecified atom stereocenters. The number of anilines is 1. The SMILES string of the molecule is C[C@H](CO)N1C(=O)[C@@H]2[C@@H]3C(=O)N(c4ccccc4)CC=C[C@@H]3O[C@@]23C=CCN(C2CCCCC2)C(=O)C13. The Morgan fingerprint density at radius 1 is 1.00 bits per heavy atom. The van der Waals surface area contributed by atoms with E-state index in [4.69, 9.17) is 4.74 Å². The van der Waals surface area contributed by atoms with Crippen LogP contribution in [0.4, 0.5) is 5.69 Å². The van der Waals surface area contributed by atoms with Crippen LogP contribution >= 0.6 is 0 Å². The minimum Gasteiger partial charge on any atom is -0.394 e. The van der Waals surface area contributed by atoms with E-state index in [1.807, 2.05) is 59.5 Å². The Balaban J connectivity index is 1.43. The summed E-state index contributed by atoms with van der Waals surface area (Å²) in [6.45, 7) is 2.33. The van der Waals surface area contributed by atoms with Crippen molar-refractivity contribution in [1.29, 1.82) is 0 Å². The molecule has 5 aliphatic rings. The highest BCUT2D eigenvalue weighted by atomic mass is 16.5. The molecule has 1 aromatic carbocycles. The van der Waals surface area contributed by atoms with Crippen molar-refractivity contribution in [2.75, 3.05) is 24.6 Å². The Labute approximate surface area is 217 Å². The van der Waals surface area contributed by atoms with Gasteiger partial charge in [0, 0.05) is 24.8 Å². The summed E-state index contributed by atoms with van der Waals surface area (Å²) >= 11 is 0. The van der Waals surface area contributed by atoms with E-state index in [2.05, 4.69) is 0 Å². The minimum atomic E-state index is -1.25. The van der Waals surface area contributed by atoms with Gasteiger partial charge in [0.2, 0.25) is 17.7 Å². The number of carbonyl (C=O) groups excluding carboxylic acids is 3. The topological polar surface area (TPSA) is 90.4 Å². The number of carbonyl (C=O) groups is 3. The first-order chi connectivity index (χ1) is 18.0. The van der Waals surface area contributed by atoms with Gasteiger partial charge in [0.25, 0.3) is 0 Å². The van der Waals surface area contributed by atoms with Crippen molar-refractivity contribution in [1.82, 2.24) is 9.80 Å². The molecule has 1 aromatic rings. The van der Waals surface area contributed by atoms with Crippen LogP contribution < -0.4 is 4.90 Å². The first kappa shape index (κ1) is 24.4. The van der Waals surface area contributed by atoms with Crippen molar-refractivity contribution in [3.63, 3.8) is 0 Å². The Morgan fingerprint density at radius 3 is 2.49 bits per heavy atom. The molecule has 196 valence electrons. The molecule has 0 bridgehead atoms. The normalized spacial score (nSPS) is 34.8. The molecule has 8 nitrogen and oxygen atoms in total. The Bertz CT molecular complexity index is 1130. The number of para-hydroxylation sites is 1. The van der Waals surface area contributed by atoms with E-state index in [1.54, 1.807) is 11.8 Å². The van der Waals surface area contributed by atoms with Gasteiger partial charge in [0.05, 0.1) is 30.6 Å². The predicted octanol–water partition coefficient (Wildman–Crippen LogP) is 2.28. The molecule has 3 fully saturated rings. The van der Waals surface area contributed by atoms with Crippen LogP contribution in [0.2, 0.25) is 0 Å². The number of aliphatic hydroxyl groups excluding tert-OH is 1. The van der Waals surface area contributed by atoms with Gasteiger partial charge in [-0.1, -0.05) is 61.8 Å². The average Bonchev–Trinajstić information content (AvgIpc) is 3.25. The van der Waals surface area contributed by atoms with Crippen LogP contribution in [-0.2, 0) is 19.1 Å². The predicted molar refractivity (Wildman–Crippen MR) is 137 cm³/mol. The summed E-state index contributed by atoms with van der Waals surface area (Å²) in [5, 5.41) is 10.1. The second-order valence-corrected chi connectivity index (χ2v) is 11.0. The Morgan fingerprint density at radius 2 is 1.76 bits per heavy atom. The van der Waals surface area contributed by atoms with Crippen molar-refractivity contribution < 1.29 is 24.2 Å². The van der Waals surface area contributed by atoms with E-state index < -0.39 is 35.6 Å². The molecular formula is C29H35N3O5. The van der Waals surface area contributed by atoms with Gasteiger partial charge in [0.15, 0.2) is 0 Å². The summed E-state index contributed by atoms with van der Waals surface area (Å²) in [5.41, 5.74) is -0.493. The highest BCUT2D eigenvalue weighted by Crippen LogP contribution is 2.54. The maximum Gasteiger partial charge on any atom is 0.249 e.